The second kappa shape index (κ2) is 6.79. The SMILES string of the molecule is Cc1[nH]c2ccccc2c1C(=O)COC(=O)c1ccc2c(c1)CCCC2. The number of Topliss-reactive ketones (excluding diaryl/α,β-unsaturated/α-hetero) is 1. The van der Waals surface area contributed by atoms with E-state index in [4.69, 9.17) is 4.74 Å². The normalized spacial score (nSPS) is 13.4. The van der Waals surface area contributed by atoms with Gasteiger partial charge in [-0.25, -0.2) is 4.79 Å². The number of hydrogen-bond donors (Lipinski definition) is 1. The van der Waals surface area contributed by atoms with Crippen LogP contribution in [-0.4, -0.2) is 23.3 Å². The van der Waals surface area contributed by atoms with Gasteiger partial charge in [0.1, 0.15) is 0 Å². The topological polar surface area (TPSA) is 59.2 Å². The molecule has 1 aromatic heterocycles. The maximum atomic E-state index is 12.6. The van der Waals surface area contributed by atoms with E-state index in [1.54, 1.807) is 6.07 Å². The van der Waals surface area contributed by atoms with Gasteiger partial charge in [0.05, 0.1) is 5.56 Å². The molecule has 0 atom stereocenters. The van der Waals surface area contributed by atoms with Gasteiger partial charge in [-0.2, -0.15) is 0 Å². The third kappa shape index (κ3) is 3.03. The molecule has 132 valence electrons. The van der Waals surface area contributed by atoms with E-state index in [9.17, 15) is 9.59 Å². The van der Waals surface area contributed by atoms with E-state index in [1.165, 1.54) is 17.5 Å². The highest BCUT2D eigenvalue weighted by Crippen LogP contribution is 2.24. The molecule has 1 heterocycles. The lowest BCUT2D eigenvalue weighted by molar-refractivity contribution is 0.0475. The van der Waals surface area contributed by atoms with Crippen molar-refractivity contribution in [1.82, 2.24) is 4.98 Å². The predicted molar refractivity (Wildman–Crippen MR) is 101 cm³/mol. The minimum Gasteiger partial charge on any atom is -0.454 e. The van der Waals surface area contributed by atoms with Crippen LogP contribution in [0.1, 0.15) is 50.4 Å². The molecule has 0 amide bonds. The van der Waals surface area contributed by atoms with Crippen molar-refractivity contribution in [2.75, 3.05) is 6.61 Å². The molecule has 0 bridgehead atoms. The number of H-pyrrole nitrogens is 1. The maximum absolute atomic E-state index is 12.6. The number of para-hydroxylation sites is 1. The van der Waals surface area contributed by atoms with Crippen LogP contribution >= 0.6 is 0 Å². The van der Waals surface area contributed by atoms with Crippen molar-refractivity contribution in [3.63, 3.8) is 0 Å². The molecule has 0 spiro atoms. The second-order valence-corrected chi connectivity index (χ2v) is 6.86. The van der Waals surface area contributed by atoms with Crippen molar-refractivity contribution in [3.8, 4) is 0 Å². The molecule has 4 rings (SSSR count). The number of ketones is 1. The van der Waals surface area contributed by atoms with Crippen LogP contribution in [0, 0.1) is 6.92 Å². The standard InChI is InChI=1S/C22H21NO3/c1-14-21(18-8-4-5-9-19(18)23-14)20(24)13-26-22(25)17-11-10-15-6-2-3-7-16(15)12-17/h4-5,8-12,23H,2-3,6-7,13H2,1H3. The first-order valence-electron chi connectivity index (χ1n) is 9.03. The molecule has 4 nitrogen and oxygen atoms in total. The Morgan fingerprint density at radius 1 is 1.04 bits per heavy atom. The van der Waals surface area contributed by atoms with Crippen molar-refractivity contribution < 1.29 is 14.3 Å². The number of aromatic amines is 1. The summed E-state index contributed by atoms with van der Waals surface area (Å²) in [6.45, 7) is 1.61. The van der Waals surface area contributed by atoms with Crippen molar-refractivity contribution in [3.05, 3.63) is 70.4 Å². The van der Waals surface area contributed by atoms with Crippen molar-refractivity contribution in [2.45, 2.75) is 32.6 Å². The van der Waals surface area contributed by atoms with E-state index < -0.39 is 5.97 Å². The van der Waals surface area contributed by atoms with Crippen LogP contribution in [0.2, 0.25) is 0 Å². The summed E-state index contributed by atoms with van der Waals surface area (Å²) in [5.74, 6) is -0.629. The van der Waals surface area contributed by atoms with Crippen LogP contribution in [0.5, 0.6) is 0 Å². The molecular weight excluding hydrogens is 326 g/mol. The Morgan fingerprint density at radius 2 is 1.81 bits per heavy atom. The Morgan fingerprint density at radius 3 is 2.65 bits per heavy atom. The monoisotopic (exact) mass is 347 g/mol. The zero-order chi connectivity index (χ0) is 18.1. The van der Waals surface area contributed by atoms with Crippen LogP contribution in [-0.2, 0) is 17.6 Å². The van der Waals surface area contributed by atoms with Gasteiger partial charge in [-0.1, -0.05) is 24.3 Å². The number of fused-ring (bicyclic) bond motifs is 2. The molecule has 1 aliphatic rings. The maximum Gasteiger partial charge on any atom is 0.338 e. The van der Waals surface area contributed by atoms with Crippen LogP contribution in [0.25, 0.3) is 10.9 Å². The van der Waals surface area contributed by atoms with Gasteiger partial charge < -0.3 is 9.72 Å². The molecule has 0 saturated carbocycles. The van der Waals surface area contributed by atoms with Crippen molar-refractivity contribution in [1.29, 1.82) is 0 Å². The molecule has 0 aliphatic heterocycles. The number of rotatable bonds is 4. The molecule has 0 unspecified atom stereocenters. The summed E-state index contributed by atoms with van der Waals surface area (Å²) in [6, 6.07) is 13.4. The lowest BCUT2D eigenvalue weighted by Crippen LogP contribution is -2.15. The summed E-state index contributed by atoms with van der Waals surface area (Å²) >= 11 is 0. The molecule has 3 aromatic rings. The van der Waals surface area contributed by atoms with Crippen LogP contribution in [0.4, 0.5) is 0 Å². The van der Waals surface area contributed by atoms with Gasteiger partial charge in [0.15, 0.2) is 6.61 Å². The van der Waals surface area contributed by atoms with E-state index in [0.717, 1.165) is 35.9 Å². The lowest BCUT2D eigenvalue weighted by Gasteiger charge is -2.16. The van der Waals surface area contributed by atoms with Gasteiger partial charge in [0.2, 0.25) is 5.78 Å². The van der Waals surface area contributed by atoms with E-state index in [0.29, 0.717) is 11.1 Å². The Balaban J connectivity index is 1.49. The molecule has 4 heteroatoms. The molecule has 2 aromatic carbocycles. The van der Waals surface area contributed by atoms with Gasteiger partial charge in [0.25, 0.3) is 0 Å². The molecule has 0 radical (unpaired) electrons. The number of carbonyl (C=O) groups is 2. The average molecular weight is 347 g/mol. The third-order valence-electron chi connectivity index (χ3n) is 5.09. The Bertz CT molecular complexity index is 1000. The van der Waals surface area contributed by atoms with E-state index in [2.05, 4.69) is 4.98 Å². The number of nitrogens with one attached hydrogen (secondary N) is 1. The number of carbonyl (C=O) groups excluding carboxylic acids is 2. The molecule has 26 heavy (non-hydrogen) atoms. The smallest absolute Gasteiger partial charge is 0.338 e. The Kier molecular flexibility index (Phi) is 4.33. The summed E-state index contributed by atoms with van der Waals surface area (Å²) in [5.41, 5.74) is 5.37. The van der Waals surface area contributed by atoms with E-state index >= 15 is 0 Å². The quantitative estimate of drug-likeness (QED) is 0.562. The number of aromatic nitrogens is 1. The van der Waals surface area contributed by atoms with E-state index in [1.807, 2.05) is 43.3 Å². The largest absolute Gasteiger partial charge is 0.454 e. The average Bonchev–Trinajstić information content (AvgIpc) is 3.01. The number of ether oxygens (including phenoxy) is 1. The van der Waals surface area contributed by atoms with Gasteiger partial charge in [-0.3, -0.25) is 4.79 Å². The first-order valence-corrected chi connectivity index (χ1v) is 9.03. The summed E-state index contributed by atoms with van der Waals surface area (Å²) in [5, 5.41) is 0.861. The summed E-state index contributed by atoms with van der Waals surface area (Å²) < 4.78 is 5.31. The lowest BCUT2D eigenvalue weighted by atomic mass is 9.90. The number of esters is 1. The minimum atomic E-state index is -0.441. The Labute approximate surface area is 152 Å². The molecule has 0 saturated heterocycles. The fourth-order valence-electron chi connectivity index (χ4n) is 3.78. The minimum absolute atomic E-state index is 0.189. The van der Waals surface area contributed by atoms with Gasteiger partial charge in [-0.15, -0.1) is 0 Å². The first kappa shape index (κ1) is 16.6. The fourth-order valence-corrected chi connectivity index (χ4v) is 3.78. The van der Waals surface area contributed by atoms with Gasteiger partial charge >= 0.3 is 5.97 Å². The van der Waals surface area contributed by atoms with Gasteiger partial charge in [0, 0.05) is 22.2 Å². The van der Waals surface area contributed by atoms with E-state index in [-0.39, 0.29) is 12.4 Å². The van der Waals surface area contributed by atoms with Crippen molar-refractivity contribution in [2.24, 2.45) is 0 Å². The molecule has 1 aliphatic carbocycles. The number of aryl methyl sites for hydroxylation is 3. The van der Waals surface area contributed by atoms with Gasteiger partial charge in [-0.05, 0) is 61.9 Å². The highest BCUT2D eigenvalue weighted by atomic mass is 16.5. The second-order valence-electron chi connectivity index (χ2n) is 6.86. The third-order valence-corrected chi connectivity index (χ3v) is 5.09. The molecule has 1 N–H and O–H groups in total. The summed E-state index contributed by atoms with van der Waals surface area (Å²) in [7, 11) is 0. The highest BCUT2D eigenvalue weighted by molar-refractivity contribution is 6.10. The number of benzene rings is 2. The molecular formula is C22H21NO3. The summed E-state index contributed by atoms with van der Waals surface area (Å²) in [4.78, 5) is 28.2. The van der Waals surface area contributed by atoms with Crippen molar-refractivity contribution >= 4 is 22.7 Å². The zero-order valence-electron chi connectivity index (χ0n) is 14.8. The fraction of sp³-hybridized carbons (Fsp3) is 0.273. The Hall–Kier alpha value is -2.88. The highest BCUT2D eigenvalue weighted by Gasteiger charge is 2.19. The summed E-state index contributed by atoms with van der Waals surface area (Å²) in [6.07, 6.45) is 4.44. The number of hydrogen-bond acceptors (Lipinski definition) is 3. The molecule has 0 fully saturated rings. The van der Waals surface area contributed by atoms with Crippen LogP contribution in [0.15, 0.2) is 42.5 Å². The van der Waals surface area contributed by atoms with Crippen LogP contribution in [0.3, 0.4) is 0 Å². The van der Waals surface area contributed by atoms with Crippen LogP contribution < -0.4 is 0 Å². The first-order chi connectivity index (χ1) is 12.6. The zero-order valence-corrected chi connectivity index (χ0v) is 14.8. The predicted octanol–water partition coefficient (Wildman–Crippen LogP) is 4.39.